The van der Waals surface area contributed by atoms with E-state index < -0.39 is 22.2 Å². The third kappa shape index (κ3) is 9.26. The number of hydrogen-bond donors (Lipinski definition) is 2. The molecule has 0 radical (unpaired) electrons. The standard InChI is InChI=1S/C30H43N3O7S/c1-21-18-33(22(2)20-34)30(36)26-17-25(31-29(35)24-12-7-6-8-13-24)14-15-27(26)40-23(3)11-9-10-16-39-28(21)19-32(4)41(5,37)38/h6-8,12-15,17,21-23,28,34H,9-11,16,18-20H2,1-5H3,(H,31,35)/t21-,22+,23-,28-/m0/s1. The van der Waals surface area contributed by atoms with Crippen molar-refractivity contribution in [2.45, 2.75) is 58.3 Å². The Morgan fingerprint density at radius 1 is 1.17 bits per heavy atom. The van der Waals surface area contributed by atoms with E-state index in [2.05, 4.69) is 5.32 Å². The number of nitrogens with one attached hydrogen (secondary N) is 1. The van der Waals surface area contributed by atoms with Gasteiger partial charge in [0.2, 0.25) is 10.0 Å². The Morgan fingerprint density at radius 2 is 1.88 bits per heavy atom. The number of rotatable bonds is 7. The lowest BCUT2D eigenvalue weighted by Gasteiger charge is -2.35. The van der Waals surface area contributed by atoms with E-state index in [0.717, 1.165) is 25.5 Å². The quantitative estimate of drug-likeness (QED) is 0.505. The number of sulfonamides is 1. The summed E-state index contributed by atoms with van der Waals surface area (Å²) < 4.78 is 37.9. The number of amides is 2. The van der Waals surface area contributed by atoms with E-state index in [1.165, 1.54) is 11.4 Å². The molecule has 0 bridgehead atoms. The molecular weight excluding hydrogens is 546 g/mol. The van der Waals surface area contributed by atoms with Crippen molar-refractivity contribution in [3.05, 3.63) is 59.7 Å². The number of aliphatic hydroxyl groups is 1. The van der Waals surface area contributed by atoms with Crippen LogP contribution in [0, 0.1) is 5.92 Å². The summed E-state index contributed by atoms with van der Waals surface area (Å²) in [5.41, 5.74) is 1.18. The van der Waals surface area contributed by atoms with Crippen molar-refractivity contribution in [1.82, 2.24) is 9.21 Å². The van der Waals surface area contributed by atoms with Crippen LogP contribution in [0.1, 0.15) is 60.7 Å². The molecule has 1 heterocycles. The lowest BCUT2D eigenvalue weighted by molar-refractivity contribution is -0.00828. The van der Waals surface area contributed by atoms with E-state index in [4.69, 9.17) is 9.47 Å². The molecule has 0 saturated carbocycles. The second-order valence-corrected chi connectivity index (χ2v) is 13.0. The largest absolute Gasteiger partial charge is 0.490 e. The molecule has 0 unspecified atom stereocenters. The van der Waals surface area contributed by atoms with Gasteiger partial charge in [-0.15, -0.1) is 0 Å². The minimum absolute atomic E-state index is 0.140. The maximum atomic E-state index is 14.1. The summed E-state index contributed by atoms with van der Waals surface area (Å²) >= 11 is 0. The zero-order valence-electron chi connectivity index (χ0n) is 24.6. The number of nitrogens with zero attached hydrogens (tertiary/aromatic N) is 2. The average molecular weight is 590 g/mol. The first-order valence-corrected chi connectivity index (χ1v) is 15.9. The molecule has 2 N–H and O–H groups in total. The van der Waals surface area contributed by atoms with Crippen LogP contribution in [0.25, 0.3) is 0 Å². The lowest BCUT2D eigenvalue weighted by atomic mass is 10.0. The predicted molar refractivity (Wildman–Crippen MR) is 159 cm³/mol. The van der Waals surface area contributed by atoms with Gasteiger partial charge in [0.15, 0.2) is 0 Å². The summed E-state index contributed by atoms with van der Waals surface area (Å²) in [7, 11) is -1.92. The fraction of sp³-hybridized carbons (Fsp3) is 0.533. The number of carbonyl (C=O) groups excluding carboxylic acids is 2. The molecular formula is C30H43N3O7S. The monoisotopic (exact) mass is 589 g/mol. The van der Waals surface area contributed by atoms with Gasteiger partial charge in [0.1, 0.15) is 5.75 Å². The molecule has 4 atom stereocenters. The van der Waals surface area contributed by atoms with Crippen molar-refractivity contribution in [1.29, 1.82) is 0 Å². The Labute approximate surface area is 243 Å². The van der Waals surface area contributed by atoms with Gasteiger partial charge in [-0.1, -0.05) is 25.1 Å². The fourth-order valence-corrected chi connectivity index (χ4v) is 5.06. The Morgan fingerprint density at radius 3 is 2.54 bits per heavy atom. The topological polar surface area (TPSA) is 125 Å². The van der Waals surface area contributed by atoms with E-state index in [1.807, 2.05) is 19.9 Å². The van der Waals surface area contributed by atoms with E-state index in [-0.39, 0.29) is 49.1 Å². The number of hydrogen-bond acceptors (Lipinski definition) is 7. The SMILES string of the molecule is C[C@H](CO)N1C[C@H](C)[C@H](CN(C)S(C)(=O)=O)OCCCC[C@H](C)Oc2ccc(NC(=O)c3ccccc3)cc2C1=O. The number of aliphatic hydroxyl groups excluding tert-OH is 1. The molecule has 41 heavy (non-hydrogen) atoms. The number of benzene rings is 2. The van der Waals surface area contributed by atoms with E-state index >= 15 is 0 Å². The van der Waals surface area contributed by atoms with Gasteiger partial charge in [-0.25, -0.2) is 12.7 Å². The van der Waals surface area contributed by atoms with Crippen molar-refractivity contribution in [3.8, 4) is 5.75 Å². The Hall–Kier alpha value is -2.99. The van der Waals surface area contributed by atoms with Crippen LogP contribution in [-0.2, 0) is 14.8 Å². The van der Waals surface area contributed by atoms with Gasteiger partial charge in [-0.3, -0.25) is 9.59 Å². The smallest absolute Gasteiger partial charge is 0.258 e. The molecule has 1 aliphatic heterocycles. The number of carbonyl (C=O) groups is 2. The third-order valence-electron chi connectivity index (χ3n) is 7.35. The van der Waals surface area contributed by atoms with Gasteiger partial charge in [-0.2, -0.15) is 0 Å². The minimum atomic E-state index is -3.43. The van der Waals surface area contributed by atoms with Crippen molar-refractivity contribution in [2.75, 3.05) is 44.9 Å². The van der Waals surface area contributed by atoms with Gasteiger partial charge in [0.05, 0.1) is 36.7 Å². The molecule has 0 aromatic heterocycles. The number of ether oxygens (including phenoxy) is 2. The highest BCUT2D eigenvalue weighted by atomic mass is 32.2. The van der Waals surface area contributed by atoms with Crippen LogP contribution < -0.4 is 10.1 Å². The fourth-order valence-electron chi connectivity index (χ4n) is 4.64. The number of fused-ring (bicyclic) bond motifs is 1. The van der Waals surface area contributed by atoms with Crippen molar-refractivity contribution < 1.29 is 32.6 Å². The number of likely N-dealkylation sites (N-methyl/N-ethyl adjacent to an activating group) is 1. The van der Waals surface area contributed by atoms with Gasteiger partial charge in [0.25, 0.3) is 11.8 Å². The molecule has 10 nitrogen and oxygen atoms in total. The first-order valence-electron chi connectivity index (χ1n) is 14.0. The second-order valence-electron chi connectivity index (χ2n) is 10.9. The van der Waals surface area contributed by atoms with Gasteiger partial charge in [-0.05, 0) is 63.4 Å². The van der Waals surface area contributed by atoms with Gasteiger partial charge in [0, 0.05) is 43.9 Å². The third-order valence-corrected chi connectivity index (χ3v) is 8.63. The van der Waals surface area contributed by atoms with Crippen LogP contribution in [0.4, 0.5) is 5.69 Å². The maximum absolute atomic E-state index is 14.1. The molecule has 11 heteroatoms. The van der Waals surface area contributed by atoms with Crippen molar-refractivity contribution in [3.63, 3.8) is 0 Å². The molecule has 2 aromatic carbocycles. The average Bonchev–Trinajstić information content (AvgIpc) is 2.94. The summed E-state index contributed by atoms with van der Waals surface area (Å²) in [5.74, 6) is -0.546. The lowest BCUT2D eigenvalue weighted by Crippen LogP contribution is -2.47. The highest BCUT2D eigenvalue weighted by Crippen LogP contribution is 2.29. The minimum Gasteiger partial charge on any atom is -0.490 e. The normalized spacial score (nSPS) is 21.9. The van der Waals surface area contributed by atoms with Crippen LogP contribution in [-0.4, -0.2) is 92.4 Å². The summed E-state index contributed by atoms with van der Waals surface area (Å²) in [6.45, 7) is 6.11. The van der Waals surface area contributed by atoms with E-state index in [1.54, 1.807) is 54.3 Å². The molecule has 0 aliphatic carbocycles. The van der Waals surface area contributed by atoms with Crippen LogP contribution in [0.15, 0.2) is 48.5 Å². The summed E-state index contributed by atoms with van der Waals surface area (Å²) in [5, 5.41) is 12.9. The molecule has 0 saturated heterocycles. The van der Waals surface area contributed by atoms with Gasteiger partial charge < -0.3 is 24.8 Å². The molecule has 0 spiro atoms. The zero-order valence-corrected chi connectivity index (χ0v) is 25.4. The van der Waals surface area contributed by atoms with Crippen LogP contribution >= 0.6 is 0 Å². The van der Waals surface area contributed by atoms with E-state index in [0.29, 0.717) is 23.6 Å². The highest BCUT2D eigenvalue weighted by molar-refractivity contribution is 7.88. The maximum Gasteiger partial charge on any atom is 0.258 e. The van der Waals surface area contributed by atoms with Gasteiger partial charge >= 0.3 is 0 Å². The molecule has 2 amide bonds. The number of anilines is 1. The first kappa shape index (κ1) is 32.5. The molecule has 226 valence electrons. The van der Waals surface area contributed by atoms with Crippen LogP contribution in [0.3, 0.4) is 0 Å². The molecule has 1 aliphatic rings. The van der Waals surface area contributed by atoms with Crippen molar-refractivity contribution >= 4 is 27.5 Å². The Bertz CT molecular complexity index is 1270. The van der Waals surface area contributed by atoms with Crippen molar-refractivity contribution in [2.24, 2.45) is 5.92 Å². The van der Waals surface area contributed by atoms with Crippen LogP contribution in [0.5, 0.6) is 5.75 Å². The summed E-state index contributed by atoms with van der Waals surface area (Å²) in [6, 6.07) is 13.2. The van der Waals surface area contributed by atoms with E-state index in [9.17, 15) is 23.1 Å². The predicted octanol–water partition coefficient (Wildman–Crippen LogP) is 3.63. The molecule has 2 aromatic rings. The highest BCUT2D eigenvalue weighted by Gasteiger charge is 2.31. The molecule has 0 fully saturated rings. The summed E-state index contributed by atoms with van der Waals surface area (Å²) in [4.78, 5) is 28.5. The first-order chi connectivity index (χ1) is 19.4. The van der Waals surface area contributed by atoms with Crippen LogP contribution in [0.2, 0.25) is 0 Å². The second kappa shape index (κ2) is 14.8. The zero-order chi connectivity index (χ0) is 30.2. The molecule has 3 rings (SSSR count). The summed E-state index contributed by atoms with van der Waals surface area (Å²) in [6.07, 6.45) is 2.81. The Kier molecular flexibility index (Phi) is 11.7. The Balaban J connectivity index is 1.99.